The summed E-state index contributed by atoms with van der Waals surface area (Å²) in [5.41, 5.74) is 1.10. The summed E-state index contributed by atoms with van der Waals surface area (Å²) in [7, 11) is 0. The molecule has 6 heteroatoms. The molecule has 1 amide bonds. The molecule has 130 valence electrons. The summed E-state index contributed by atoms with van der Waals surface area (Å²) in [4.78, 5) is 28.3. The van der Waals surface area contributed by atoms with Gasteiger partial charge in [-0.05, 0) is 37.1 Å². The first-order valence-corrected chi connectivity index (χ1v) is 8.96. The van der Waals surface area contributed by atoms with Crippen LogP contribution in [0, 0.1) is 11.8 Å². The minimum Gasteiger partial charge on any atom is -0.481 e. The molecule has 3 rings (SSSR count). The number of aliphatic carboxylic acids is 1. The van der Waals surface area contributed by atoms with Crippen molar-refractivity contribution in [3.05, 3.63) is 29.3 Å². The van der Waals surface area contributed by atoms with Crippen molar-refractivity contribution in [2.75, 3.05) is 31.1 Å². The Labute approximate surface area is 147 Å². The van der Waals surface area contributed by atoms with E-state index >= 15 is 0 Å². The third-order valence-corrected chi connectivity index (χ3v) is 5.44. The number of benzene rings is 1. The van der Waals surface area contributed by atoms with E-state index in [0.717, 1.165) is 31.6 Å². The number of carbonyl (C=O) groups is 2. The Morgan fingerprint density at radius 1 is 0.958 bits per heavy atom. The Bertz CT molecular complexity index is 597. The quantitative estimate of drug-likeness (QED) is 0.910. The van der Waals surface area contributed by atoms with Gasteiger partial charge in [0.1, 0.15) is 0 Å². The van der Waals surface area contributed by atoms with Gasteiger partial charge in [-0.25, -0.2) is 0 Å². The smallest absolute Gasteiger partial charge is 0.307 e. The zero-order chi connectivity index (χ0) is 17.1. The van der Waals surface area contributed by atoms with Crippen molar-refractivity contribution >= 4 is 29.2 Å². The van der Waals surface area contributed by atoms with E-state index in [9.17, 15) is 14.7 Å². The van der Waals surface area contributed by atoms with E-state index in [1.807, 2.05) is 29.2 Å². The van der Waals surface area contributed by atoms with Gasteiger partial charge in [0.15, 0.2) is 0 Å². The monoisotopic (exact) mass is 350 g/mol. The normalized spacial score (nSPS) is 24.7. The summed E-state index contributed by atoms with van der Waals surface area (Å²) >= 11 is 5.92. The maximum atomic E-state index is 12.8. The molecule has 0 spiro atoms. The van der Waals surface area contributed by atoms with Gasteiger partial charge >= 0.3 is 5.97 Å². The van der Waals surface area contributed by atoms with Gasteiger partial charge in [-0.3, -0.25) is 9.59 Å². The van der Waals surface area contributed by atoms with Crippen LogP contribution >= 0.6 is 11.6 Å². The fourth-order valence-corrected chi connectivity index (χ4v) is 3.92. The van der Waals surface area contributed by atoms with Gasteiger partial charge < -0.3 is 14.9 Å². The van der Waals surface area contributed by atoms with Crippen LogP contribution in [0.4, 0.5) is 5.69 Å². The SMILES string of the molecule is O=C(O)C1CCCCC1C(=O)N1CCN(c2ccc(Cl)cc2)CC1. The molecule has 5 nitrogen and oxygen atoms in total. The van der Waals surface area contributed by atoms with E-state index in [-0.39, 0.29) is 11.8 Å². The Balaban J connectivity index is 1.60. The number of hydrogen-bond acceptors (Lipinski definition) is 3. The molecule has 0 radical (unpaired) electrons. The number of carbonyl (C=O) groups excluding carboxylic acids is 1. The molecule has 1 aliphatic heterocycles. The van der Waals surface area contributed by atoms with E-state index in [2.05, 4.69) is 4.90 Å². The predicted octanol–water partition coefficient (Wildman–Crippen LogP) is 2.88. The van der Waals surface area contributed by atoms with Crippen LogP contribution in [0.5, 0.6) is 0 Å². The highest BCUT2D eigenvalue weighted by atomic mass is 35.5. The molecule has 1 aromatic rings. The molecule has 1 saturated carbocycles. The number of halogens is 1. The predicted molar refractivity (Wildman–Crippen MR) is 93.3 cm³/mol. The number of piperazine rings is 1. The summed E-state index contributed by atoms with van der Waals surface area (Å²) in [6.07, 6.45) is 3.18. The van der Waals surface area contributed by atoms with Crippen LogP contribution in [-0.2, 0) is 9.59 Å². The third-order valence-electron chi connectivity index (χ3n) is 5.18. The molecule has 0 bridgehead atoms. The van der Waals surface area contributed by atoms with E-state index in [1.54, 1.807) is 0 Å². The molecule has 0 aromatic heterocycles. The lowest BCUT2D eigenvalue weighted by Gasteiger charge is -2.39. The number of anilines is 1. The molecular formula is C18H23ClN2O3. The van der Waals surface area contributed by atoms with Crippen molar-refractivity contribution in [1.82, 2.24) is 4.90 Å². The van der Waals surface area contributed by atoms with Gasteiger partial charge in [0.2, 0.25) is 5.91 Å². The van der Waals surface area contributed by atoms with E-state index in [4.69, 9.17) is 11.6 Å². The highest BCUT2D eigenvalue weighted by Gasteiger charge is 2.38. The third kappa shape index (κ3) is 3.66. The van der Waals surface area contributed by atoms with Gasteiger partial charge in [-0.2, -0.15) is 0 Å². The standard InChI is InChI=1S/C18H23ClN2O3/c19-13-5-7-14(8-6-13)20-9-11-21(12-10-20)17(22)15-3-1-2-4-16(15)18(23)24/h5-8,15-16H,1-4,9-12H2,(H,23,24). The van der Waals surface area contributed by atoms with Crippen molar-refractivity contribution in [3.8, 4) is 0 Å². The first-order chi connectivity index (χ1) is 11.6. The van der Waals surface area contributed by atoms with E-state index in [0.29, 0.717) is 31.0 Å². The minimum atomic E-state index is -0.826. The average molecular weight is 351 g/mol. The Morgan fingerprint density at radius 3 is 2.12 bits per heavy atom. The highest BCUT2D eigenvalue weighted by Crippen LogP contribution is 2.32. The summed E-state index contributed by atoms with van der Waals surface area (Å²) in [5, 5.41) is 10.1. The summed E-state index contributed by atoms with van der Waals surface area (Å²) in [6, 6.07) is 7.71. The van der Waals surface area contributed by atoms with Crippen molar-refractivity contribution in [2.45, 2.75) is 25.7 Å². The second-order valence-electron chi connectivity index (χ2n) is 6.62. The molecule has 2 unspecified atom stereocenters. The lowest BCUT2D eigenvalue weighted by atomic mass is 9.78. The van der Waals surface area contributed by atoms with Gasteiger partial charge in [0.25, 0.3) is 0 Å². The van der Waals surface area contributed by atoms with Gasteiger partial charge in [-0.15, -0.1) is 0 Å². The van der Waals surface area contributed by atoms with Crippen LogP contribution in [0.2, 0.25) is 5.02 Å². The van der Waals surface area contributed by atoms with Crippen molar-refractivity contribution in [3.63, 3.8) is 0 Å². The fraction of sp³-hybridized carbons (Fsp3) is 0.556. The maximum Gasteiger partial charge on any atom is 0.307 e. The zero-order valence-corrected chi connectivity index (χ0v) is 14.4. The molecule has 2 fully saturated rings. The molecule has 2 aliphatic rings. The minimum absolute atomic E-state index is 0.0258. The highest BCUT2D eigenvalue weighted by molar-refractivity contribution is 6.30. The van der Waals surface area contributed by atoms with Crippen LogP contribution in [0.1, 0.15) is 25.7 Å². The number of amides is 1. The number of rotatable bonds is 3. The maximum absolute atomic E-state index is 12.8. The fourth-order valence-electron chi connectivity index (χ4n) is 3.79. The Hall–Kier alpha value is -1.75. The Morgan fingerprint density at radius 2 is 1.54 bits per heavy atom. The second-order valence-corrected chi connectivity index (χ2v) is 7.06. The molecule has 24 heavy (non-hydrogen) atoms. The lowest BCUT2D eigenvalue weighted by Crippen LogP contribution is -2.52. The molecule has 1 saturated heterocycles. The molecule has 2 atom stereocenters. The molecule has 1 aromatic carbocycles. The number of carboxylic acids is 1. The number of nitrogens with zero attached hydrogens (tertiary/aromatic N) is 2. The van der Waals surface area contributed by atoms with Crippen LogP contribution in [0.3, 0.4) is 0 Å². The van der Waals surface area contributed by atoms with E-state index < -0.39 is 11.9 Å². The topological polar surface area (TPSA) is 60.9 Å². The van der Waals surface area contributed by atoms with Crippen LogP contribution in [0.25, 0.3) is 0 Å². The summed E-state index contributed by atoms with van der Waals surface area (Å²) in [5.74, 6) is -1.66. The lowest BCUT2D eigenvalue weighted by molar-refractivity contribution is -0.152. The van der Waals surface area contributed by atoms with Gasteiger partial charge in [0, 0.05) is 36.9 Å². The van der Waals surface area contributed by atoms with Crippen molar-refractivity contribution in [2.24, 2.45) is 11.8 Å². The zero-order valence-electron chi connectivity index (χ0n) is 13.7. The van der Waals surface area contributed by atoms with Gasteiger partial charge in [0.05, 0.1) is 11.8 Å². The number of carboxylic acid groups (broad SMARTS) is 1. The van der Waals surface area contributed by atoms with Crippen LogP contribution in [-0.4, -0.2) is 48.1 Å². The van der Waals surface area contributed by atoms with Crippen molar-refractivity contribution < 1.29 is 14.7 Å². The first-order valence-electron chi connectivity index (χ1n) is 8.58. The number of hydrogen-bond donors (Lipinski definition) is 1. The molecule has 1 N–H and O–H groups in total. The Kier molecular flexibility index (Phi) is 5.29. The summed E-state index contributed by atoms with van der Waals surface area (Å²) in [6.45, 7) is 2.81. The van der Waals surface area contributed by atoms with Gasteiger partial charge in [-0.1, -0.05) is 24.4 Å². The van der Waals surface area contributed by atoms with Crippen molar-refractivity contribution in [1.29, 1.82) is 0 Å². The largest absolute Gasteiger partial charge is 0.481 e. The molecule has 1 heterocycles. The molecular weight excluding hydrogens is 328 g/mol. The van der Waals surface area contributed by atoms with Crippen LogP contribution in [0.15, 0.2) is 24.3 Å². The first kappa shape index (κ1) is 17.1. The second kappa shape index (κ2) is 7.43. The summed E-state index contributed by atoms with van der Waals surface area (Å²) < 4.78 is 0. The molecule has 1 aliphatic carbocycles. The van der Waals surface area contributed by atoms with E-state index in [1.165, 1.54) is 0 Å². The van der Waals surface area contributed by atoms with Crippen LogP contribution < -0.4 is 4.90 Å². The average Bonchev–Trinajstić information content (AvgIpc) is 2.62.